The molecule has 2 rings (SSSR count). The molecule has 0 unspecified atom stereocenters. The van der Waals surface area contributed by atoms with Crippen molar-refractivity contribution in [2.24, 2.45) is 0 Å². The van der Waals surface area contributed by atoms with E-state index in [-0.39, 0.29) is 13.0 Å². The Balaban J connectivity index is 2.36. The molecule has 0 saturated carbocycles. The minimum absolute atomic E-state index is 0.0122. The van der Waals surface area contributed by atoms with Crippen LogP contribution in [0.4, 0.5) is 0 Å². The second kappa shape index (κ2) is 5.14. The maximum atomic E-state index is 10.6. The summed E-state index contributed by atoms with van der Waals surface area (Å²) in [5.74, 6) is -0.807. The summed E-state index contributed by atoms with van der Waals surface area (Å²) < 4.78 is 1.64. The van der Waals surface area contributed by atoms with Crippen LogP contribution in [0, 0.1) is 6.92 Å². The standard InChI is InChI=1S/C12H15N3O3/c1-8-9(3-5-11(17)18)2-4-10-12(8)13-14-15(10)6-7-16/h2,4,16H,3,5-7H2,1H3,(H,17,18). The fourth-order valence-corrected chi connectivity index (χ4v) is 1.98. The van der Waals surface area contributed by atoms with Gasteiger partial charge in [0.1, 0.15) is 5.52 Å². The Morgan fingerprint density at radius 3 is 2.89 bits per heavy atom. The highest BCUT2D eigenvalue weighted by molar-refractivity contribution is 5.79. The number of aliphatic carboxylic acids is 1. The predicted octanol–water partition coefficient (Wildman–Crippen LogP) is 0.749. The van der Waals surface area contributed by atoms with Crippen molar-refractivity contribution >= 4 is 17.0 Å². The van der Waals surface area contributed by atoms with Crippen LogP contribution in [0.3, 0.4) is 0 Å². The van der Waals surface area contributed by atoms with Gasteiger partial charge < -0.3 is 10.2 Å². The first kappa shape index (κ1) is 12.5. The number of carboxylic acid groups (broad SMARTS) is 1. The van der Waals surface area contributed by atoms with Gasteiger partial charge in [-0.2, -0.15) is 0 Å². The highest BCUT2D eigenvalue weighted by atomic mass is 16.4. The third-order valence-corrected chi connectivity index (χ3v) is 2.97. The van der Waals surface area contributed by atoms with Crippen LogP contribution in [0.25, 0.3) is 11.0 Å². The van der Waals surface area contributed by atoms with Gasteiger partial charge in [0, 0.05) is 6.42 Å². The molecular formula is C12H15N3O3. The molecule has 96 valence electrons. The van der Waals surface area contributed by atoms with E-state index in [0.717, 1.165) is 22.2 Å². The van der Waals surface area contributed by atoms with Crippen LogP contribution in [-0.4, -0.2) is 37.8 Å². The van der Waals surface area contributed by atoms with Gasteiger partial charge in [-0.05, 0) is 30.5 Å². The SMILES string of the molecule is Cc1c(CCC(=O)O)ccc2c1nnn2CCO. The molecular weight excluding hydrogens is 234 g/mol. The normalized spacial score (nSPS) is 11.0. The van der Waals surface area contributed by atoms with E-state index in [1.165, 1.54) is 0 Å². The number of aliphatic hydroxyl groups is 1. The smallest absolute Gasteiger partial charge is 0.303 e. The number of aliphatic hydroxyl groups excluding tert-OH is 1. The second-order valence-electron chi connectivity index (χ2n) is 4.15. The van der Waals surface area contributed by atoms with Crippen molar-refractivity contribution in [1.82, 2.24) is 15.0 Å². The number of fused-ring (bicyclic) bond motifs is 1. The van der Waals surface area contributed by atoms with Crippen molar-refractivity contribution in [1.29, 1.82) is 0 Å². The topological polar surface area (TPSA) is 88.2 Å². The van der Waals surface area contributed by atoms with Crippen LogP contribution in [0.2, 0.25) is 0 Å². The van der Waals surface area contributed by atoms with Gasteiger partial charge in [0.2, 0.25) is 0 Å². The molecule has 1 heterocycles. The maximum Gasteiger partial charge on any atom is 0.303 e. The van der Waals surface area contributed by atoms with E-state index in [2.05, 4.69) is 10.3 Å². The number of carbonyl (C=O) groups is 1. The molecule has 0 amide bonds. The fraction of sp³-hybridized carbons (Fsp3) is 0.417. The van der Waals surface area contributed by atoms with Crippen LogP contribution in [0.15, 0.2) is 12.1 Å². The third-order valence-electron chi connectivity index (χ3n) is 2.97. The Morgan fingerprint density at radius 2 is 2.22 bits per heavy atom. The van der Waals surface area contributed by atoms with E-state index in [4.69, 9.17) is 10.2 Å². The van der Waals surface area contributed by atoms with Crippen LogP contribution in [-0.2, 0) is 17.8 Å². The molecule has 0 saturated heterocycles. The number of hydrogen-bond acceptors (Lipinski definition) is 4. The van der Waals surface area contributed by atoms with E-state index < -0.39 is 5.97 Å². The summed E-state index contributed by atoms with van der Waals surface area (Å²) in [7, 11) is 0. The number of nitrogens with zero attached hydrogens (tertiary/aromatic N) is 3. The van der Waals surface area contributed by atoms with E-state index in [0.29, 0.717) is 13.0 Å². The van der Waals surface area contributed by atoms with Gasteiger partial charge in [0.05, 0.1) is 18.7 Å². The third kappa shape index (κ3) is 2.33. The lowest BCUT2D eigenvalue weighted by molar-refractivity contribution is -0.136. The van der Waals surface area contributed by atoms with Gasteiger partial charge in [-0.25, -0.2) is 4.68 Å². The summed E-state index contributed by atoms with van der Waals surface area (Å²) in [6.45, 7) is 2.33. The van der Waals surface area contributed by atoms with Crippen molar-refractivity contribution in [2.75, 3.05) is 6.61 Å². The number of carboxylic acids is 1. The van der Waals surface area contributed by atoms with Gasteiger partial charge in [-0.3, -0.25) is 4.79 Å². The Bertz CT molecular complexity index is 577. The zero-order valence-corrected chi connectivity index (χ0v) is 10.1. The zero-order chi connectivity index (χ0) is 13.1. The van der Waals surface area contributed by atoms with Gasteiger partial charge in [-0.1, -0.05) is 11.3 Å². The summed E-state index contributed by atoms with van der Waals surface area (Å²) in [6, 6.07) is 3.77. The molecule has 0 radical (unpaired) electrons. The number of aryl methyl sites for hydroxylation is 2. The average molecular weight is 249 g/mol. The molecule has 0 bridgehead atoms. The summed E-state index contributed by atoms with van der Waals surface area (Å²) in [4.78, 5) is 10.6. The second-order valence-corrected chi connectivity index (χ2v) is 4.15. The Kier molecular flexibility index (Phi) is 3.57. The van der Waals surface area contributed by atoms with Gasteiger partial charge in [-0.15, -0.1) is 5.10 Å². The maximum absolute atomic E-state index is 10.6. The lowest BCUT2D eigenvalue weighted by Gasteiger charge is -2.05. The van der Waals surface area contributed by atoms with Crippen molar-refractivity contribution in [3.05, 3.63) is 23.3 Å². The first-order valence-electron chi connectivity index (χ1n) is 5.78. The number of rotatable bonds is 5. The lowest BCUT2D eigenvalue weighted by atomic mass is 10.0. The van der Waals surface area contributed by atoms with Crippen LogP contribution in [0.1, 0.15) is 17.5 Å². The van der Waals surface area contributed by atoms with Gasteiger partial charge >= 0.3 is 5.97 Å². The lowest BCUT2D eigenvalue weighted by Crippen LogP contribution is -2.04. The molecule has 0 aliphatic carbocycles. The Labute approximate surface area is 104 Å². The molecule has 0 aliphatic heterocycles. The number of hydrogen-bond donors (Lipinski definition) is 2. The molecule has 2 aromatic rings. The highest BCUT2D eigenvalue weighted by Crippen LogP contribution is 2.20. The van der Waals surface area contributed by atoms with E-state index in [1.807, 2.05) is 19.1 Å². The van der Waals surface area contributed by atoms with E-state index >= 15 is 0 Å². The van der Waals surface area contributed by atoms with E-state index in [1.54, 1.807) is 4.68 Å². The first-order valence-corrected chi connectivity index (χ1v) is 5.78. The molecule has 2 N–H and O–H groups in total. The van der Waals surface area contributed by atoms with Crippen LogP contribution >= 0.6 is 0 Å². The van der Waals surface area contributed by atoms with Gasteiger partial charge in [0.25, 0.3) is 0 Å². The van der Waals surface area contributed by atoms with Crippen molar-refractivity contribution in [3.63, 3.8) is 0 Å². The van der Waals surface area contributed by atoms with E-state index in [9.17, 15) is 4.79 Å². The largest absolute Gasteiger partial charge is 0.481 e. The molecule has 0 spiro atoms. The fourth-order valence-electron chi connectivity index (χ4n) is 1.98. The summed E-state index contributed by atoms with van der Waals surface area (Å²) in [5.41, 5.74) is 3.56. The van der Waals surface area contributed by atoms with Crippen molar-refractivity contribution in [3.8, 4) is 0 Å². The van der Waals surface area contributed by atoms with Gasteiger partial charge in [0.15, 0.2) is 0 Å². The average Bonchev–Trinajstić information content (AvgIpc) is 2.73. The monoisotopic (exact) mass is 249 g/mol. The summed E-state index contributed by atoms with van der Waals surface area (Å²) >= 11 is 0. The van der Waals surface area contributed by atoms with Crippen molar-refractivity contribution < 1.29 is 15.0 Å². The van der Waals surface area contributed by atoms with Crippen LogP contribution < -0.4 is 0 Å². The minimum Gasteiger partial charge on any atom is -0.481 e. The quantitative estimate of drug-likeness (QED) is 0.816. The zero-order valence-electron chi connectivity index (χ0n) is 10.1. The molecule has 1 aromatic heterocycles. The summed E-state index contributed by atoms with van der Waals surface area (Å²) in [6.07, 6.45) is 0.598. The molecule has 6 nitrogen and oxygen atoms in total. The minimum atomic E-state index is -0.807. The number of benzene rings is 1. The molecule has 1 aromatic carbocycles. The molecule has 6 heteroatoms. The first-order chi connectivity index (χ1) is 8.63. The molecule has 0 aliphatic rings. The molecule has 18 heavy (non-hydrogen) atoms. The highest BCUT2D eigenvalue weighted by Gasteiger charge is 2.10. The predicted molar refractivity (Wildman–Crippen MR) is 65.3 cm³/mol. The van der Waals surface area contributed by atoms with Crippen LogP contribution in [0.5, 0.6) is 0 Å². The van der Waals surface area contributed by atoms with Crippen molar-refractivity contribution in [2.45, 2.75) is 26.3 Å². The summed E-state index contributed by atoms with van der Waals surface area (Å²) in [5, 5.41) is 25.7. The Morgan fingerprint density at radius 1 is 1.44 bits per heavy atom. The molecule has 0 atom stereocenters. The molecule has 0 fully saturated rings. The number of aromatic nitrogens is 3. The Hall–Kier alpha value is -1.95.